The van der Waals surface area contributed by atoms with Gasteiger partial charge in [0.15, 0.2) is 0 Å². The number of aryl methyl sites for hydroxylation is 1. The summed E-state index contributed by atoms with van der Waals surface area (Å²) in [5, 5.41) is 3.17. The molecule has 0 bridgehead atoms. The first-order valence-corrected chi connectivity index (χ1v) is 12.6. The summed E-state index contributed by atoms with van der Waals surface area (Å²) in [6.45, 7) is 4.40. The van der Waals surface area contributed by atoms with E-state index in [4.69, 9.17) is 0 Å². The molecule has 1 atom stereocenters. The molecule has 0 saturated heterocycles. The van der Waals surface area contributed by atoms with Crippen molar-refractivity contribution in [3.63, 3.8) is 0 Å². The van der Waals surface area contributed by atoms with Gasteiger partial charge in [-0.25, -0.2) is 4.39 Å². The van der Waals surface area contributed by atoms with E-state index in [1.54, 1.807) is 17.0 Å². The molecule has 3 rings (SSSR count). The molecule has 2 amide bonds. The molecule has 0 spiro atoms. The lowest BCUT2D eigenvalue weighted by molar-refractivity contribution is -0.139. The molecular weight excluding hydrogens is 423 g/mol. The average molecular weight is 457 g/mol. The SMILES string of the molecule is CC[C@H](C(=O)NC1CCCC1)N(Cc1cccc(C)c1)C(=O)CSCc1ccc(F)cc1. The molecule has 1 fully saturated rings. The third-order valence-corrected chi connectivity index (χ3v) is 6.92. The van der Waals surface area contributed by atoms with Crippen molar-refractivity contribution in [2.45, 2.75) is 70.3 Å². The number of halogens is 1. The van der Waals surface area contributed by atoms with Gasteiger partial charge in [-0.2, -0.15) is 0 Å². The van der Waals surface area contributed by atoms with Crippen LogP contribution in [0, 0.1) is 12.7 Å². The van der Waals surface area contributed by atoms with Crippen LogP contribution in [0.1, 0.15) is 55.7 Å². The van der Waals surface area contributed by atoms with Gasteiger partial charge in [0.2, 0.25) is 11.8 Å². The number of hydrogen-bond donors (Lipinski definition) is 1. The zero-order valence-electron chi connectivity index (χ0n) is 19.0. The summed E-state index contributed by atoms with van der Waals surface area (Å²) in [6, 6.07) is 14.1. The second-order valence-corrected chi connectivity index (χ2v) is 9.53. The van der Waals surface area contributed by atoms with Crippen LogP contribution in [0.2, 0.25) is 0 Å². The van der Waals surface area contributed by atoms with Crippen LogP contribution in [0.5, 0.6) is 0 Å². The van der Waals surface area contributed by atoms with Crippen molar-refractivity contribution in [2.24, 2.45) is 0 Å². The largest absolute Gasteiger partial charge is 0.352 e. The first-order valence-electron chi connectivity index (χ1n) is 11.4. The first-order chi connectivity index (χ1) is 15.5. The molecule has 0 radical (unpaired) electrons. The minimum Gasteiger partial charge on any atom is -0.352 e. The van der Waals surface area contributed by atoms with Crippen LogP contribution in [0.25, 0.3) is 0 Å². The van der Waals surface area contributed by atoms with Gasteiger partial charge in [-0.1, -0.05) is 61.7 Å². The number of carbonyl (C=O) groups excluding carboxylic acids is 2. The van der Waals surface area contributed by atoms with E-state index in [-0.39, 0.29) is 29.4 Å². The van der Waals surface area contributed by atoms with Gasteiger partial charge in [0, 0.05) is 18.3 Å². The smallest absolute Gasteiger partial charge is 0.243 e. The van der Waals surface area contributed by atoms with Crippen molar-refractivity contribution < 1.29 is 14.0 Å². The highest BCUT2D eigenvalue weighted by atomic mass is 32.2. The van der Waals surface area contributed by atoms with E-state index in [0.717, 1.165) is 42.4 Å². The van der Waals surface area contributed by atoms with Gasteiger partial charge < -0.3 is 10.2 Å². The summed E-state index contributed by atoms with van der Waals surface area (Å²) in [7, 11) is 0. The normalized spacial score (nSPS) is 14.8. The fourth-order valence-electron chi connectivity index (χ4n) is 4.21. The lowest BCUT2D eigenvalue weighted by atomic mass is 10.1. The fourth-order valence-corrected chi connectivity index (χ4v) is 5.08. The highest BCUT2D eigenvalue weighted by molar-refractivity contribution is 7.99. The zero-order valence-corrected chi connectivity index (χ0v) is 19.8. The van der Waals surface area contributed by atoms with Gasteiger partial charge in [-0.3, -0.25) is 9.59 Å². The molecule has 6 heteroatoms. The molecule has 0 unspecified atom stereocenters. The van der Waals surface area contributed by atoms with Gasteiger partial charge in [0.05, 0.1) is 5.75 Å². The van der Waals surface area contributed by atoms with Crippen molar-refractivity contribution in [1.82, 2.24) is 10.2 Å². The van der Waals surface area contributed by atoms with Crippen molar-refractivity contribution in [1.29, 1.82) is 0 Å². The molecule has 1 aliphatic carbocycles. The molecule has 2 aromatic rings. The van der Waals surface area contributed by atoms with E-state index in [2.05, 4.69) is 11.4 Å². The van der Waals surface area contributed by atoms with Gasteiger partial charge in [-0.05, 0) is 49.4 Å². The van der Waals surface area contributed by atoms with Gasteiger partial charge in [0.1, 0.15) is 11.9 Å². The van der Waals surface area contributed by atoms with Crippen LogP contribution < -0.4 is 5.32 Å². The van der Waals surface area contributed by atoms with Crippen LogP contribution in [0.4, 0.5) is 4.39 Å². The zero-order chi connectivity index (χ0) is 22.9. The number of nitrogens with one attached hydrogen (secondary N) is 1. The maximum absolute atomic E-state index is 13.3. The van der Waals surface area contributed by atoms with E-state index < -0.39 is 6.04 Å². The number of carbonyl (C=O) groups is 2. The topological polar surface area (TPSA) is 49.4 Å². The van der Waals surface area contributed by atoms with E-state index in [0.29, 0.717) is 18.7 Å². The number of rotatable bonds is 10. The molecule has 0 aliphatic heterocycles. The van der Waals surface area contributed by atoms with Crippen molar-refractivity contribution in [3.05, 3.63) is 71.0 Å². The molecule has 32 heavy (non-hydrogen) atoms. The lowest BCUT2D eigenvalue weighted by Crippen LogP contribution is -2.51. The third kappa shape index (κ3) is 7.09. The van der Waals surface area contributed by atoms with Crippen molar-refractivity contribution >= 4 is 23.6 Å². The Labute approximate surface area is 195 Å². The van der Waals surface area contributed by atoms with Gasteiger partial charge in [-0.15, -0.1) is 11.8 Å². The Kier molecular flexibility index (Phi) is 9.15. The van der Waals surface area contributed by atoms with Crippen LogP contribution in [-0.2, 0) is 21.9 Å². The van der Waals surface area contributed by atoms with E-state index >= 15 is 0 Å². The summed E-state index contributed by atoms with van der Waals surface area (Å²) in [6.07, 6.45) is 4.89. The Bertz CT molecular complexity index is 897. The summed E-state index contributed by atoms with van der Waals surface area (Å²) in [5.74, 6) is 0.528. The highest BCUT2D eigenvalue weighted by Gasteiger charge is 2.30. The average Bonchev–Trinajstić information content (AvgIpc) is 3.28. The number of thioether (sulfide) groups is 1. The van der Waals surface area contributed by atoms with Crippen molar-refractivity contribution in [2.75, 3.05) is 5.75 Å². The highest BCUT2D eigenvalue weighted by Crippen LogP contribution is 2.21. The molecule has 0 heterocycles. The number of nitrogens with zero attached hydrogens (tertiary/aromatic N) is 1. The standard InChI is InChI=1S/C26H33FN2O2S/c1-3-24(26(31)28-23-9-4-5-10-23)29(16-21-8-6-7-19(2)15-21)25(30)18-32-17-20-11-13-22(27)14-12-20/h6-8,11-15,23-24H,3-5,9-10,16-18H2,1-2H3,(H,28,31)/t24-/m1/s1. The summed E-state index contributed by atoms with van der Waals surface area (Å²) < 4.78 is 13.1. The van der Waals surface area contributed by atoms with Crippen LogP contribution in [0.15, 0.2) is 48.5 Å². The molecule has 2 aromatic carbocycles. The number of hydrogen-bond acceptors (Lipinski definition) is 3. The van der Waals surface area contributed by atoms with E-state index in [9.17, 15) is 14.0 Å². The first kappa shape index (κ1) is 24.3. The predicted octanol–water partition coefficient (Wildman–Crippen LogP) is 5.23. The monoisotopic (exact) mass is 456 g/mol. The lowest BCUT2D eigenvalue weighted by Gasteiger charge is -2.31. The van der Waals surface area contributed by atoms with Gasteiger partial charge in [0.25, 0.3) is 0 Å². The Morgan fingerprint density at radius 1 is 1.12 bits per heavy atom. The molecule has 172 valence electrons. The summed E-state index contributed by atoms with van der Waals surface area (Å²) in [5.41, 5.74) is 3.12. The Balaban J connectivity index is 1.69. The van der Waals surface area contributed by atoms with Crippen LogP contribution in [-0.4, -0.2) is 34.6 Å². The maximum atomic E-state index is 13.3. The predicted molar refractivity (Wildman–Crippen MR) is 129 cm³/mol. The Morgan fingerprint density at radius 2 is 1.84 bits per heavy atom. The maximum Gasteiger partial charge on any atom is 0.243 e. The second kappa shape index (κ2) is 12.0. The van der Waals surface area contributed by atoms with Crippen LogP contribution in [0.3, 0.4) is 0 Å². The minimum atomic E-state index is -0.491. The Hall–Kier alpha value is -2.34. The molecular formula is C26H33FN2O2S. The number of amides is 2. The van der Waals surface area contributed by atoms with Gasteiger partial charge >= 0.3 is 0 Å². The van der Waals surface area contributed by atoms with E-state index in [1.165, 1.54) is 23.9 Å². The summed E-state index contributed by atoms with van der Waals surface area (Å²) in [4.78, 5) is 28.1. The van der Waals surface area contributed by atoms with E-state index in [1.807, 2.05) is 32.0 Å². The molecule has 4 nitrogen and oxygen atoms in total. The quantitative estimate of drug-likeness (QED) is 0.532. The molecule has 0 aromatic heterocycles. The molecule has 1 N–H and O–H groups in total. The molecule has 1 aliphatic rings. The number of benzene rings is 2. The molecule has 1 saturated carbocycles. The fraction of sp³-hybridized carbons (Fsp3) is 0.462. The minimum absolute atomic E-state index is 0.0490. The Morgan fingerprint density at radius 3 is 2.50 bits per heavy atom. The summed E-state index contributed by atoms with van der Waals surface area (Å²) >= 11 is 1.49. The van der Waals surface area contributed by atoms with Crippen LogP contribution >= 0.6 is 11.8 Å². The third-order valence-electron chi connectivity index (χ3n) is 5.93. The van der Waals surface area contributed by atoms with Crippen molar-refractivity contribution in [3.8, 4) is 0 Å². The second-order valence-electron chi connectivity index (χ2n) is 8.54.